The highest BCUT2D eigenvalue weighted by Gasteiger charge is 2.23. The van der Waals surface area contributed by atoms with E-state index in [1.54, 1.807) is 6.20 Å². The number of rotatable bonds is 5. The van der Waals surface area contributed by atoms with Crippen LogP contribution in [-0.4, -0.2) is 15.2 Å². The van der Waals surface area contributed by atoms with Gasteiger partial charge in [-0.2, -0.15) is 5.10 Å². The molecule has 0 bridgehead atoms. The van der Waals surface area contributed by atoms with E-state index < -0.39 is 0 Å². The highest BCUT2D eigenvalue weighted by Crippen LogP contribution is 2.30. The van der Waals surface area contributed by atoms with Gasteiger partial charge in [0, 0.05) is 44.1 Å². The number of aromatic amines is 1. The molecule has 0 aliphatic carbocycles. The molecule has 2 aromatic heterocycles. The zero-order valence-electron chi connectivity index (χ0n) is 14.7. The standard InChI is InChI=1S/C20H21N5O/c1-14-19(11-23-24-20(14)26)25-12-17-4-2-3-16(18(17)13-25)10-22-9-15-5-7-21-8-6-15/h2-8,11,22H,9-10,12-13H2,1H3,(H,24,26). The Morgan fingerprint density at radius 1 is 1.15 bits per heavy atom. The summed E-state index contributed by atoms with van der Waals surface area (Å²) in [4.78, 5) is 18.1. The molecular weight excluding hydrogens is 326 g/mol. The van der Waals surface area contributed by atoms with Crippen molar-refractivity contribution in [1.82, 2.24) is 20.5 Å². The van der Waals surface area contributed by atoms with Crippen LogP contribution in [0, 0.1) is 6.92 Å². The molecule has 0 atom stereocenters. The topological polar surface area (TPSA) is 73.9 Å². The van der Waals surface area contributed by atoms with Crippen molar-refractivity contribution in [2.24, 2.45) is 0 Å². The molecule has 4 rings (SSSR count). The van der Waals surface area contributed by atoms with Crippen LogP contribution in [0.25, 0.3) is 0 Å². The second-order valence-corrected chi connectivity index (χ2v) is 6.58. The lowest BCUT2D eigenvalue weighted by atomic mass is 10.0. The molecule has 3 aromatic rings. The van der Waals surface area contributed by atoms with Gasteiger partial charge in [0.05, 0.1) is 11.9 Å². The maximum Gasteiger partial charge on any atom is 0.269 e. The van der Waals surface area contributed by atoms with Crippen molar-refractivity contribution in [1.29, 1.82) is 0 Å². The van der Waals surface area contributed by atoms with E-state index in [2.05, 4.69) is 43.6 Å². The van der Waals surface area contributed by atoms with Crippen LogP contribution in [0.15, 0.2) is 53.7 Å². The Hall–Kier alpha value is -2.99. The Labute approximate surface area is 151 Å². The predicted molar refractivity (Wildman–Crippen MR) is 101 cm³/mol. The van der Waals surface area contributed by atoms with Gasteiger partial charge in [-0.15, -0.1) is 0 Å². The molecule has 3 heterocycles. The molecule has 0 unspecified atom stereocenters. The number of nitrogens with zero attached hydrogens (tertiary/aromatic N) is 3. The number of H-pyrrole nitrogens is 1. The fraction of sp³-hybridized carbons (Fsp3) is 0.250. The van der Waals surface area contributed by atoms with E-state index >= 15 is 0 Å². The van der Waals surface area contributed by atoms with Crippen molar-refractivity contribution in [2.45, 2.75) is 33.1 Å². The van der Waals surface area contributed by atoms with Crippen molar-refractivity contribution < 1.29 is 0 Å². The van der Waals surface area contributed by atoms with Crippen LogP contribution in [0.5, 0.6) is 0 Å². The Morgan fingerprint density at radius 2 is 2.00 bits per heavy atom. The van der Waals surface area contributed by atoms with E-state index in [1.165, 1.54) is 22.3 Å². The van der Waals surface area contributed by atoms with E-state index in [4.69, 9.17) is 0 Å². The summed E-state index contributed by atoms with van der Waals surface area (Å²) >= 11 is 0. The van der Waals surface area contributed by atoms with Gasteiger partial charge < -0.3 is 10.2 Å². The SMILES string of the molecule is Cc1c(N2Cc3cccc(CNCc4ccncc4)c3C2)cn[nH]c1=O. The lowest BCUT2D eigenvalue weighted by molar-refractivity contribution is 0.687. The van der Waals surface area contributed by atoms with Crippen molar-refractivity contribution in [3.63, 3.8) is 0 Å². The van der Waals surface area contributed by atoms with Gasteiger partial charge in [-0.05, 0) is 41.3 Å². The smallest absolute Gasteiger partial charge is 0.269 e. The van der Waals surface area contributed by atoms with Crippen LogP contribution in [-0.2, 0) is 26.2 Å². The third-order valence-corrected chi connectivity index (χ3v) is 4.89. The fourth-order valence-corrected chi connectivity index (χ4v) is 3.44. The summed E-state index contributed by atoms with van der Waals surface area (Å²) in [5, 5.41) is 9.96. The first kappa shape index (κ1) is 16.5. The molecule has 6 nitrogen and oxygen atoms in total. The van der Waals surface area contributed by atoms with Gasteiger partial charge in [0.15, 0.2) is 0 Å². The summed E-state index contributed by atoms with van der Waals surface area (Å²) < 4.78 is 0. The summed E-state index contributed by atoms with van der Waals surface area (Å²) in [6.45, 7) is 5.07. The van der Waals surface area contributed by atoms with Gasteiger partial charge in [-0.25, -0.2) is 5.10 Å². The normalized spacial score (nSPS) is 13.0. The summed E-state index contributed by atoms with van der Waals surface area (Å²) in [6, 6.07) is 10.5. The van der Waals surface area contributed by atoms with Gasteiger partial charge in [-0.1, -0.05) is 18.2 Å². The highest BCUT2D eigenvalue weighted by atomic mass is 16.1. The third kappa shape index (κ3) is 3.23. The lowest BCUT2D eigenvalue weighted by Crippen LogP contribution is -2.22. The minimum Gasteiger partial charge on any atom is -0.361 e. The molecule has 132 valence electrons. The molecule has 6 heteroatoms. The minimum atomic E-state index is -0.127. The Bertz CT molecular complexity index is 967. The van der Waals surface area contributed by atoms with Gasteiger partial charge in [0.1, 0.15) is 0 Å². The summed E-state index contributed by atoms with van der Waals surface area (Å²) in [6.07, 6.45) is 5.37. The average Bonchev–Trinajstić information content (AvgIpc) is 3.10. The van der Waals surface area contributed by atoms with Crippen LogP contribution in [0.2, 0.25) is 0 Å². The van der Waals surface area contributed by atoms with Crippen molar-refractivity contribution in [3.05, 3.63) is 87.1 Å². The zero-order chi connectivity index (χ0) is 17.9. The fourth-order valence-electron chi connectivity index (χ4n) is 3.44. The number of hydrogen-bond donors (Lipinski definition) is 2. The van der Waals surface area contributed by atoms with Crippen LogP contribution in [0.1, 0.15) is 27.8 Å². The molecule has 1 aliphatic rings. The first-order valence-electron chi connectivity index (χ1n) is 8.71. The van der Waals surface area contributed by atoms with Crippen LogP contribution in [0.3, 0.4) is 0 Å². The Balaban J connectivity index is 1.49. The molecule has 0 spiro atoms. The molecule has 0 radical (unpaired) electrons. The number of aromatic nitrogens is 3. The molecule has 0 saturated carbocycles. The third-order valence-electron chi connectivity index (χ3n) is 4.89. The molecule has 0 fully saturated rings. The Kier molecular flexibility index (Phi) is 4.50. The van der Waals surface area contributed by atoms with Gasteiger partial charge in [-0.3, -0.25) is 9.78 Å². The highest BCUT2D eigenvalue weighted by molar-refractivity contribution is 5.55. The largest absolute Gasteiger partial charge is 0.361 e. The maximum atomic E-state index is 11.9. The maximum absolute atomic E-state index is 11.9. The number of anilines is 1. The molecule has 26 heavy (non-hydrogen) atoms. The Morgan fingerprint density at radius 3 is 2.85 bits per heavy atom. The van der Waals surface area contributed by atoms with E-state index in [0.717, 1.165) is 31.9 Å². The van der Waals surface area contributed by atoms with Crippen LogP contribution >= 0.6 is 0 Å². The molecule has 0 amide bonds. The number of nitrogens with one attached hydrogen (secondary N) is 2. The summed E-state index contributed by atoms with van der Waals surface area (Å²) in [7, 11) is 0. The number of pyridine rings is 1. The van der Waals surface area contributed by atoms with Crippen LogP contribution in [0.4, 0.5) is 5.69 Å². The monoisotopic (exact) mass is 347 g/mol. The first-order valence-corrected chi connectivity index (χ1v) is 8.71. The molecule has 1 aliphatic heterocycles. The van der Waals surface area contributed by atoms with Crippen molar-refractivity contribution >= 4 is 5.69 Å². The number of hydrogen-bond acceptors (Lipinski definition) is 5. The van der Waals surface area contributed by atoms with E-state index in [9.17, 15) is 4.79 Å². The van der Waals surface area contributed by atoms with E-state index in [0.29, 0.717) is 5.56 Å². The quantitative estimate of drug-likeness (QED) is 0.741. The molecule has 2 N–H and O–H groups in total. The molecule has 1 aromatic carbocycles. The van der Waals surface area contributed by atoms with E-state index in [-0.39, 0.29) is 5.56 Å². The molecular formula is C20H21N5O. The van der Waals surface area contributed by atoms with Gasteiger partial charge >= 0.3 is 0 Å². The second-order valence-electron chi connectivity index (χ2n) is 6.58. The summed E-state index contributed by atoms with van der Waals surface area (Å²) in [5.74, 6) is 0. The predicted octanol–water partition coefficient (Wildman–Crippen LogP) is 2.28. The lowest BCUT2D eigenvalue weighted by Gasteiger charge is -2.19. The van der Waals surface area contributed by atoms with Crippen molar-refractivity contribution in [3.8, 4) is 0 Å². The van der Waals surface area contributed by atoms with Crippen LogP contribution < -0.4 is 15.8 Å². The number of benzene rings is 1. The zero-order valence-corrected chi connectivity index (χ0v) is 14.7. The summed E-state index contributed by atoms with van der Waals surface area (Å²) in [5.41, 5.74) is 6.67. The average molecular weight is 347 g/mol. The van der Waals surface area contributed by atoms with Gasteiger partial charge in [0.25, 0.3) is 5.56 Å². The first-order chi connectivity index (χ1) is 12.7. The van der Waals surface area contributed by atoms with E-state index in [1.807, 2.05) is 31.5 Å². The minimum absolute atomic E-state index is 0.127. The number of fused-ring (bicyclic) bond motifs is 1. The second kappa shape index (κ2) is 7.09. The van der Waals surface area contributed by atoms with Gasteiger partial charge in [0.2, 0.25) is 0 Å². The molecule has 0 saturated heterocycles. The van der Waals surface area contributed by atoms with Crippen molar-refractivity contribution in [2.75, 3.05) is 4.90 Å².